The summed E-state index contributed by atoms with van der Waals surface area (Å²) in [6.45, 7) is 3.96. The molecule has 2 heterocycles. The molecule has 0 saturated heterocycles. The molecule has 0 radical (unpaired) electrons. The molecule has 0 saturated carbocycles. The zero-order chi connectivity index (χ0) is 11.7. The molecular formula is C11H14N4O. The SMILES string of the molecule is CCc1nc(C)cn1-c1nn(C)cc1C=O. The summed E-state index contributed by atoms with van der Waals surface area (Å²) < 4.78 is 3.51. The summed E-state index contributed by atoms with van der Waals surface area (Å²) in [6.07, 6.45) is 5.23. The van der Waals surface area contributed by atoms with Gasteiger partial charge in [0.2, 0.25) is 0 Å². The normalized spacial score (nSPS) is 10.7. The van der Waals surface area contributed by atoms with Crippen molar-refractivity contribution in [3.8, 4) is 5.82 Å². The molecule has 0 atom stereocenters. The Morgan fingerprint density at radius 1 is 1.44 bits per heavy atom. The van der Waals surface area contributed by atoms with Crippen molar-refractivity contribution >= 4 is 6.29 Å². The third-order valence-corrected chi connectivity index (χ3v) is 2.41. The fourth-order valence-corrected chi connectivity index (χ4v) is 1.75. The van der Waals surface area contributed by atoms with E-state index in [0.717, 1.165) is 24.2 Å². The second kappa shape index (κ2) is 3.92. The molecule has 2 aromatic rings. The van der Waals surface area contributed by atoms with Crippen LogP contribution in [0.4, 0.5) is 0 Å². The maximum atomic E-state index is 10.9. The fraction of sp³-hybridized carbons (Fsp3) is 0.364. The number of aromatic nitrogens is 4. The molecule has 0 amide bonds. The Bertz CT molecular complexity index is 524. The first-order valence-electron chi connectivity index (χ1n) is 5.19. The number of hydrogen-bond donors (Lipinski definition) is 0. The van der Waals surface area contributed by atoms with Crippen LogP contribution >= 0.6 is 0 Å². The lowest BCUT2D eigenvalue weighted by molar-refractivity contribution is 0.112. The number of carbonyl (C=O) groups is 1. The Morgan fingerprint density at radius 2 is 2.19 bits per heavy atom. The van der Waals surface area contributed by atoms with Gasteiger partial charge in [0.15, 0.2) is 12.1 Å². The van der Waals surface area contributed by atoms with Crippen LogP contribution in [0.5, 0.6) is 0 Å². The molecule has 0 aromatic carbocycles. The molecule has 0 N–H and O–H groups in total. The average Bonchev–Trinajstić information content (AvgIpc) is 2.80. The van der Waals surface area contributed by atoms with E-state index in [1.807, 2.05) is 24.6 Å². The Labute approximate surface area is 93.7 Å². The zero-order valence-electron chi connectivity index (χ0n) is 9.64. The summed E-state index contributed by atoms with van der Waals surface area (Å²) in [5.41, 5.74) is 1.51. The van der Waals surface area contributed by atoms with Crippen LogP contribution in [0.15, 0.2) is 12.4 Å². The first-order valence-corrected chi connectivity index (χ1v) is 5.19. The zero-order valence-corrected chi connectivity index (χ0v) is 9.64. The Morgan fingerprint density at radius 3 is 2.81 bits per heavy atom. The van der Waals surface area contributed by atoms with E-state index < -0.39 is 0 Å². The van der Waals surface area contributed by atoms with Crippen molar-refractivity contribution in [1.29, 1.82) is 0 Å². The molecule has 0 aliphatic rings. The van der Waals surface area contributed by atoms with Gasteiger partial charge in [-0.15, -0.1) is 0 Å². The predicted octanol–water partition coefficient (Wildman–Crippen LogP) is 1.29. The van der Waals surface area contributed by atoms with Gasteiger partial charge in [0, 0.05) is 25.9 Å². The van der Waals surface area contributed by atoms with E-state index in [2.05, 4.69) is 10.1 Å². The number of rotatable bonds is 3. The quantitative estimate of drug-likeness (QED) is 0.729. The van der Waals surface area contributed by atoms with E-state index in [0.29, 0.717) is 11.4 Å². The third-order valence-electron chi connectivity index (χ3n) is 2.41. The maximum Gasteiger partial charge on any atom is 0.170 e. The van der Waals surface area contributed by atoms with Gasteiger partial charge in [-0.05, 0) is 6.92 Å². The van der Waals surface area contributed by atoms with Gasteiger partial charge in [-0.2, -0.15) is 5.10 Å². The molecule has 2 rings (SSSR count). The van der Waals surface area contributed by atoms with Gasteiger partial charge in [-0.3, -0.25) is 14.0 Å². The van der Waals surface area contributed by atoms with Crippen LogP contribution in [0.25, 0.3) is 5.82 Å². The van der Waals surface area contributed by atoms with Gasteiger partial charge in [-0.25, -0.2) is 4.98 Å². The number of aryl methyl sites for hydroxylation is 3. The molecular weight excluding hydrogens is 204 g/mol. The molecule has 0 aliphatic heterocycles. The summed E-state index contributed by atoms with van der Waals surface area (Å²) in [5.74, 6) is 1.56. The Kier molecular flexibility index (Phi) is 2.60. The lowest BCUT2D eigenvalue weighted by Crippen LogP contribution is -2.02. The van der Waals surface area contributed by atoms with Crippen LogP contribution in [0.3, 0.4) is 0 Å². The molecule has 0 aliphatic carbocycles. The van der Waals surface area contributed by atoms with Crippen LogP contribution in [0, 0.1) is 6.92 Å². The molecule has 16 heavy (non-hydrogen) atoms. The second-order valence-electron chi connectivity index (χ2n) is 3.72. The summed E-state index contributed by atoms with van der Waals surface area (Å²) in [5, 5.41) is 4.28. The highest BCUT2D eigenvalue weighted by atomic mass is 16.1. The highest BCUT2D eigenvalue weighted by Crippen LogP contribution is 2.14. The van der Waals surface area contributed by atoms with Gasteiger partial charge in [-0.1, -0.05) is 6.92 Å². The number of imidazole rings is 1. The number of aldehydes is 1. The van der Waals surface area contributed by atoms with E-state index in [4.69, 9.17) is 0 Å². The summed E-state index contributed by atoms with van der Waals surface area (Å²) >= 11 is 0. The summed E-state index contributed by atoms with van der Waals surface area (Å²) in [7, 11) is 1.80. The molecule has 2 aromatic heterocycles. The molecule has 0 bridgehead atoms. The van der Waals surface area contributed by atoms with E-state index in [9.17, 15) is 4.79 Å². The highest BCUT2D eigenvalue weighted by molar-refractivity contribution is 5.79. The minimum Gasteiger partial charge on any atom is -0.298 e. The maximum absolute atomic E-state index is 10.9. The van der Waals surface area contributed by atoms with E-state index in [1.54, 1.807) is 17.9 Å². The predicted molar refractivity (Wildman–Crippen MR) is 59.8 cm³/mol. The van der Waals surface area contributed by atoms with E-state index in [-0.39, 0.29) is 0 Å². The van der Waals surface area contributed by atoms with Crippen LogP contribution in [-0.4, -0.2) is 25.6 Å². The minimum absolute atomic E-state index is 0.578. The molecule has 84 valence electrons. The van der Waals surface area contributed by atoms with Crippen LogP contribution < -0.4 is 0 Å². The number of nitrogens with zero attached hydrogens (tertiary/aromatic N) is 4. The van der Waals surface area contributed by atoms with Gasteiger partial charge >= 0.3 is 0 Å². The largest absolute Gasteiger partial charge is 0.298 e. The standard InChI is InChI=1S/C11H14N4O/c1-4-10-12-8(2)5-15(10)11-9(7-16)6-14(3)13-11/h5-7H,4H2,1-3H3. The molecule has 0 fully saturated rings. The van der Waals surface area contributed by atoms with Crippen molar-refractivity contribution in [3.05, 3.63) is 29.5 Å². The second-order valence-corrected chi connectivity index (χ2v) is 3.72. The van der Waals surface area contributed by atoms with Gasteiger partial charge < -0.3 is 0 Å². The lowest BCUT2D eigenvalue weighted by Gasteiger charge is -2.02. The Balaban J connectivity index is 2.60. The highest BCUT2D eigenvalue weighted by Gasteiger charge is 2.13. The monoisotopic (exact) mass is 218 g/mol. The van der Waals surface area contributed by atoms with Crippen molar-refractivity contribution < 1.29 is 4.79 Å². The molecule has 5 nitrogen and oxygen atoms in total. The average molecular weight is 218 g/mol. The number of carbonyl (C=O) groups excluding carboxylic acids is 1. The van der Waals surface area contributed by atoms with Gasteiger partial charge in [0.1, 0.15) is 5.82 Å². The van der Waals surface area contributed by atoms with Crippen molar-refractivity contribution in [2.24, 2.45) is 7.05 Å². The molecule has 0 spiro atoms. The third kappa shape index (κ3) is 1.64. The molecule has 5 heteroatoms. The summed E-state index contributed by atoms with van der Waals surface area (Å²) in [4.78, 5) is 15.3. The van der Waals surface area contributed by atoms with Crippen molar-refractivity contribution in [1.82, 2.24) is 19.3 Å². The van der Waals surface area contributed by atoms with Gasteiger partial charge in [0.25, 0.3) is 0 Å². The van der Waals surface area contributed by atoms with E-state index in [1.165, 1.54) is 0 Å². The van der Waals surface area contributed by atoms with Crippen LogP contribution in [0.1, 0.15) is 28.8 Å². The van der Waals surface area contributed by atoms with Crippen molar-refractivity contribution in [2.45, 2.75) is 20.3 Å². The van der Waals surface area contributed by atoms with Crippen LogP contribution in [-0.2, 0) is 13.5 Å². The van der Waals surface area contributed by atoms with Crippen molar-refractivity contribution in [2.75, 3.05) is 0 Å². The lowest BCUT2D eigenvalue weighted by atomic mass is 10.3. The first kappa shape index (κ1) is 10.6. The number of hydrogen-bond acceptors (Lipinski definition) is 3. The minimum atomic E-state index is 0.578. The van der Waals surface area contributed by atoms with E-state index >= 15 is 0 Å². The van der Waals surface area contributed by atoms with Gasteiger partial charge in [0.05, 0.1) is 11.3 Å². The molecule has 0 unspecified atom stereocenters. The first-order chi connectivity index (χ1) is 7.65. The Hall–Kier alpha value is -1.91. The van der Waals surface area contributed by atoms with Crippen LogP contribution in [0.2, 0.25) is 0 Å². The smallest absolute Gasteiger partial charge is 0.170 e. The topological polar surface area (TPSA) is 52.7 Å². The summed E-state index contributed by atoms with van der Waals surface area (Å²) in [6, 6.07) is 0. The fourth-order valence-electron chi connectivity index (χ4n) is 1.75. The van der Waals surface area contributed by atoms with Crippen molar-refractivity contribution in [3.63, 3.8) is 0 Å².